The lowest BCUT2D eigenvalue weighted by molar-refractivity contribution is 0.590. The molecular weight excluding hydrogens is 911 g/mol. The van der Waals surface area contributed by atoms with Crippen LogP contribution in [-0.4, -0.2) is 21.5 Å². The third-order valence-electron chi connectivity index (χ3n) is 14.4. The molecule has 0 unspecified atom stereocenters. The van der Waals surface area contributed by atoms with Crippen LogP contribution < -0.4 is 0 Å². The third-order valence-corrected chi connectivity index (χ3v) is 16.2. The van der Waals surface area contributed by atoms with Gasteiger partial charge in [-0.15, -0.1) is 0 Å². The van der Waals surface area contributed by atoms with Crippen molar-refractivity contribution in [2.24, 2.45) is 0 Å². The first-order chi connectivity index (χ1) is 35.5. The Morgan fingerprint density at radius 2 is 0.507 bits per heavy atom. The van der Waals surface area contributed by atoms with Crippen molar-refractivity contribution in [3.8, 4) is 55.9 Å². The maximum absolute atomic E-state index is 15.0. The molecule has 0 fully saturated rings. The Hall–Kier alpha value is -9.23. The van der Waals surface area contributed by atoms with Crippen LogP contribution in [0.4, 0.5) is 0 Å². The Balaban J connectivity index is 0.00000516. The molecule has 0 radical (unpaired) electrons. The average molecular weight is 958 g/mol. The van der Waals surface area contributed by atoms with E-state index >= 15 is 0 Å². The first-order valence-electron chi connectivity index (χ1n) is 24.2. The second kappa shape index (κ2) is 17.3. The van der Waals surface area contributed by atoms with Gasteiger partial charge in [0.15, 0.2) is 0 Å². The van der Waals surface area contributed by atoms with Gasteiger partial charge in [-0.3, -0.25) is 0 Å². The Bertz CT molecular complexity index is 4090. The lowest BCUT2D eigenvalue weighted by Crippen LogP contribution is -2.12. The first-order valence-corrected chi connectivity index (χ1v) is 25.7. The molecule has 0 aliphatic rings. The summed E-state index contributed by atoms with van der Waals surface area (Å²) in [4.78, 5) is 0.230. The van der Waals surface area contributed by atoms with E-state index in [1.807, 2.05) is 42.5 Å². The highest BCUT2D eigenvalue weighted by Crippen LogP contribution is 2.42. The van der Waals surface area contributed by atoms with Crippen molar-refractivity contribution < 1.29 is 8.42 Å². The number of hydrogen-bond donors (Lipinski definition) is 0. The maximum Gasteiger partial charge on any atom is 0.268 e. The van der Waals surface area contributed by atoms with Crippen LogP contribution in [0.2, 0.25) is 0 Å². The molecular formula is C67H47N3O2S. The van der Waals surface area contributed by atoms with E-state index in [2.05, 4.69) is 203 Å². The van der Waals surface area contributed by atoms with Crippen molar-refractivity contribution in [2.45, 2.75) is 12.3 Å². The van der Waals surface area contributed by atoms with Crippen LogP contribution in [0.1, 0.15) is 7.43 Å². The molecule has 11 aromatic carbocycles. The molecule has 73 heavy (non-hydrogen) atoms. The predicted molar refractivity (Wildman–Crippen MR) is 306 cm³/mol. The average Bonchev–Trinajstić information content (AvgIpc) is 4.09. The van der Waals surface area contributed by atoms with E-state index in [1.165, 1.54) is 3.97 Å². The summed E-state index contributed by atoms with van der Waals surface area (Å²) in [5.41, 5.74) is 16.5. The van der Waals surface area contributed by atoms with Gasteiger partial charge >= 0.3 is 0 Å². The molecule has 14 aromatic rings. The summed E-state index contributed by atoms with van der Waals surface area (Å²) in [6, 6.07) is 90.2. The largest absolute Gasteiger partial charge is 0.309 e. The fourth-order valence-electron chi connectivity index (χ4n) is 11.0. The Kier molecular flexibility index (Phi) is 10.4. The van der Waals surface area contributed by atoms with Gasteiger partial charge < -0.3 is 9.13 Å². The summed E-state index contributed by atoms with van der Waals surface area (Å²) < 4.78 is 36.2. The molecule has 0 saturated heterocycles. The topological polar surface area (TPSA) is 48.9 Å². The number of benzene rings is 11. The highest BCUT2D eigenvalue weighted by atomic mass is 32.2. The standard InChI is InChI=1S/C66H43N3O2S.CH4/c70-72(71,54-24-14-5-15-25-54)69-65-36-30-52(67-61-32-26-48(44-16-6-1-7-17-44)38-55(61)56-39-49(27-33-62(56)67)45-18-8-2-9-19-45)42-59(65)60-43-53(31-37-66(60)69)68-63-34-28-50(46-20-10-3-11-21-46)40-57(63)58-41-51(29-35-64(58)68)47-22-12-4-13-23-47;/h1-43H;1H4. The van der Waals surface area contributed by atoms with Crippen molar-refractivity contribution in [2.75, 3.05) is 0 Å². The predicted octanol–water partition coefficient (Wildman–Crippen LogP) is 17.5. The summed E-state index contributed by atoms with van der Waals surface area (Å²) in [5.74, 6) is 0. The zero-order chi connectivity index (χ0) is 47.9. The molecule has 0 bridgehead atoms. The SMILES string of the molecule is C.O=S(=O)(c1ccccc1)n1c2ccc(-n3c4ccc(-c5ccccc5)cc4c4cc(-c5ccccc5)ccc43)cc2c2cc(-n3c4ccc(-c5ccccc5)cc4c4cc(-c5ccccc5)ccc43)ccc21. The van der Waals surface area contributed by atoms with Crippen molar-refractivity contribution in [1.29, 1.82) is 0 Å². The van der Waals surface area contributed by atoms with Crippen molar-refractivity contribution >= 4 is 75.4 Å². The number of fused-ring (bicyclic) bond motifs is 9. The molecule has 0 aliphatic heterocycles. The minimum absolute atomic E-state index is 0. The molecule has 14 rings (SSSR count). The van der Waals surface area contributed by atoms with Crippen LogP contribution in [0.25, 0.3) is 121 Å². The second-order valence-corrected chi connectivity index (χ2v) is 20.3. The lowest BCUT2D eigenvalue weighted by Gasteiger charge is -2.12. The zero-order valence-electron chi connectivity index (χ0n) is 38.9. The highest BCUT2D eigenvalue weighted by Gasteiger charge is 2.26. The van der Waals surface area contributed by atoms with E-state index in [-0.39, 0.29) is 12.3 Å². The minimum atomic E-state index is -4.04. The van der Waals surface area contributed by atoms with E-state index in [4.69, 9.17) is 0 Å². The molecule has 0 spiro atoms. The Labute approximate surface area is 423 Å². The molecule has 5 nitrogen and oxygen atoms in total. The van der Waals surface area contributed by atoms with Crippen molar-refractivity contribution in [3.05, 3.63) is 261 Å². The maximum atomic E-state index is 15.0. The molecule has 0 saturated carbocycles. The molecule has 348 valence electrons. The number of rotatable bonds is 8. The van der Waals surface area contributed by atoms with Crippen LogP contribution in [0.15, 0.2) is 266 Å². The molecule has 0 amide bonds. The summed E-state index contributed by atoms with van der Waals surface area (Å²) in [6.07, 6.45) is 0. The second-order valence-electron chi connectivity index (χ2n) is 18.5. The summed E-state index contributed by atoms with van der Waals surface area (Å²) >= 11 is 0. The molecule has 3 aromatic heterocycles. The summed E-state index contributed by atoms with van der Waals surface area (Å²) in [7, 11) is -4.04. The Morgan fingerprint density at radius 3 is 0.808 bits per heavy atom. The monoisotopic (exact) mass is 957 g/mol. The Morgan fingerprint density at radius 1 is 0.247 bits per heavy atom. The highest BCUT2D eigenvalue weighted by molar-refractivity contribution is 7.90. The molecule has 6 heteroatoms. The van der Waals surface area contributed by atoms with Gasteiger partial charge in [0.2, 0.25) is 0 Å². The molecule has 3 heterocycles. The van der Waals surface area contributed by atoms with E-state index in [9.17, 15) is 8.42 Å². The van der Waals surface area contributed by atoms with E-state index < -0.39 is 10.0 Å². The first kappa shape index (κ1) is 43.8. The van der Waals surface area contributed by atoms with Crippen molar-refractivity contribution in [1.82, 2.24) is 13.1 Å². The van der Waals surface area contributed by atoms with Gasteiger partial charge in [-0.25, -0.2) is 12.4 Å². The van der Waals surface area contributed by atoms with Crippen LogP contribution in [0.5, 0.6) is 0 Å². The van der Waals surface area contributed by atoms with E-state index in [0.717, 1.165) is 110 Å². The quantitative estimate of drug-likeness (QED) is 0.152. The van der Waals surface area contributed by atoms with Crippen LogP contribution in [0, 0.1) is 0 Å². The lowest BCUT2D eigenvalue weighted by atomic mass is 10.0. The van der Waals surface area contributed by atoms with Crippen molar-refractivity contribution in [3.63, 3.8) is 0 Å². The number of nitrogens with zero attached hydrogens (tertiary/aromatic N) is 3. The van der Waals surface area contributed by atoms with E-state index in [0.29, 0.717) is 11.0 Å². The van der Waals surface area contributed by atoms with Crippen LogP contribution in [0.3, 0.4) is 0 Å². The van der Waals surface area contributed by atoms with Gasteiger partial charge in [0.1, 0.15) is 0 Å². The third kappa shape index (κ3) is 7.09. The minimum Gasteiger partial charge on any atom is -0.309 e. The molecule has 0 aliphatic carbocycles. The van der Waals surface area contributed by atoms with Gasteiger partial charge in [0.05, 0.1) is 38.0 Å². The van der Waals surface area contributed by atoms with Gasteiger partial charge in [-0.1, -0.05) is 171 Å². The van der Waals surface area contributed by atoms with Gasteiger partial charge in [0.25, 0.3) is 10.0 Å². The van der Waals surface area contributed by atoms with Gasteiger partial charge in [-0.2, -0.15) is 0 Å². The summed E-state index contributed by atoms with van der Waals surface area (Å²) in [5, 5.41) is 6.21. The normalized spacial score (nSPS) is 11.8. The van der Waals surface area contributed by atoms with E-state index in [1.54, 1.807) is 24.3 Å². The fourth-order valence-corrected chi connectivity index (χ4v) is 12.6. The summed E-state index contributed by atoms with van der Waals surface area (Å²) in [6.45, 7) is 0. The fraction of sp³-hybridized carbons (Fsp3) is 0.0149. The molecule has 0 atom stereocenters. The smallest absolute Gasteiger partial charge is 0.268 e. The molecule has 0 N–H and O–H groups in total. The number of aromatic nitrogens is 3. The zero-order valence-corrected chi connectivity index (χ0v) is 39.7. The van der Waals surface area contributed by atoms with Gasteiger partial charge in [0, 0.05) is 43.7 Å². The number of hydrogen-bond acceptors (Lipinski definition) is 2. The van der Waals surface area contributed by atoms with Crippen LogP contribution >= 0.6 is 0 Å². The van der Waals surface area contributed by atoms with Crippen LogP contribution in [-0.2, 0) is 10.0 Å². The van der Waals surface area contributed by atoms with Gasteiger partial charge in [-0.05, 0) is 142 Å².